The number of piperidine rings is 2. The van der Waals surface area contributed by atoms with Gasteiger partial charge in [0.25, 0.3) is 5.91 Å². The Bertz CT molecular complexity index is 1890. The molecule has 3 aromatic rings. The van der Waals surface area contributed by atoms with Gasteiger partial charge >= 0.3 is 0 Å². The molecule has 4 saturated heterocycles. The van der Waals surface area contributed by atoms with Crippen molar-refractivity contribution in [2.24, 2.45) is 0 Å². The van der Waals surface area contributed by atoms with Gasteiger partial charge in [0, 0.05) is 101 Å². The lowest BCUT2D eigenvalue weighted by molar-refractivity contribution is -0.136. The maximum atomic E-state index is 13.3. The van der Waals surface area contributed by atoms with Crippen molar-refractivity contribution in [1.82, 2.24) is 35.1 Å². The van der Waals surface area contributed by atoms with Crippen LogP contribution in [0.1, 0.15) is 41.6 Å². The van der Waals surface area contributed by atoms with E-state index in [4.69, 9.17) is 0 Å². The molecule has 53 heavy (non-hydrogen) atoms. The van der Waals surface area contributed by atoms with Crippen molar-refractivity contribution in [3.8, 4) is 17.0 Å². The van der Waals surface area contributed by atoms with Crippen LogP contribution in [0.2, 0.25) is 0 Å². The Morgan fingerprint density at radius 3 is 2.36 bits per heavy atom. The summed E-state index contributed by atoms with van der Waals surface area (Å²) in [5.74, 6) is 0.284. The fourth-order valence-corrected chi connectivity index (χ4v) is 9.23. The second kappa shape index (κ2) is 14.2. The molecule has 7 heterocycles. The number of fused-ring (bicyclic) bond motifs is 4. The topological polar surface area (TPSA) is 141 Å². The molecular weight excluding hydrogens is 672 g/mol. The minimum atomic E-state index is -0.585. The number of benzene rings is 2. The van der Waals surface area contributed by atoms with Gasteiger partial charge in [0.05, 0.1) is 17.4 Å². The van der Waals surface area contributed by atoms with E-state index in [-0.39, 0.29) is 29.9 Å². The molecule has 14 heteroatoms. The van der Waals surface area contributed by atoms with Gasteiger partial charge in [0.1, 0.15) is 11.8 Å². The Labute approximate surface area is 309 Å². The van der Waals surface area contributed by atoms with Gasteiger partial charge in [-0.1, -0.05) is 18.2 Å². The molecule has 1 unspecified atom stereocenters. The number of hydrogen-bond donors (Lipinski definition) is 3. The predicted octanol–water partition coefficient (Wildman–Crippen LogP) is 1.81. The second-order valence-corrected chi connectivity index (χ2v) is 15.3. The minimum Gasteiger partial charge on any atom is -0.507 e. The summed E-state index contributed by atoms with van der Waals surface area (Å²) in [4.78, 5) is 51.7. The first-order valence-electron chi connectivity index (χ1n) is 19.3. The molecule has 14 nitrogen and oxygen atoms in total. The Morgan fingerprint density at radius 2 is 1.57 bits per heavy atom. The summed E-state index contributed by atoms with van der Waals surface area (Å²) in [6, 6.07) is 15.9. The molecule has 6 aliphatic rings. The number of carbonyl (C=O) groups excluding carboxylic acids is 3. The molecule has 4 fully saturated rings. The summed E-state index contributed by atoms with van der Waals surface area (Å²) in [5, 5.41) is 25.2. The minimum absolute atomic E-state index is 0.117. The molecular formula is C39H48N10O4. The summed E-state index contributed by atoms with van der Waals surface area (Å²) in [6.45, 7) is 12.5. The second-order valence-electron chi connectivity index (χ2n) is 15.3. The maximum absolute atomic E-state index is 13.3. The van der Waals surface area contributed by atoms with E-state index in [1.54, 1.807) is 11.0 Å². The number of rotatable bonds is 7. The smallest absolute Gasteiger partial charge is 0.255 e. The highest BCUT2D eigenvalue weighted by molar-refractivity contribution is 6.05. The monoisotopic (exact) mass is 720 g/mol. The molecule has 3 N–H and O–H groups in total. The maximum Gasteiger partial charge on any atom is 0.255 e. The Balaban J connectivity index is 0.722. The molecule has 9 rings (SSSR count). The van der Waals surface area contributed by atoms with Crippen LogP contribution in [0.25, 0.3) is 11.3 Å². The number of carbonyl (C=O) groups is 3. The van der Waals surface area contributed by atoms with Crippen LogP contribution in [-0.2, 0) is 16.1 Å². The first kappa shape index (κ1) is 34.0. The normalized spacial score (nSPS) is 24.5. The van der Waals surface area contributed by atoms with Crippen LogP contribution in [0.5, 0.6) is 5.75 Å². The first-order chi connectivity index (χ1) is 25.9. The highest BCUT2D eigenvalue weighted by atomic mass is 16.3. The first-order valence-corrected chi connectivity index (χ1v) is 19.3. The molecule has 0 bridgehead atoms. The van der Waals surface area contributed by atoms with E-state index in [9.17, 15) is 19.5 Å². The molecule has 2 aromatic carbocycles. The number of piperazine rings is 2. The van der Waals surface area contributed by atoms with E-state index in [2.05, 4.69) is 57.5 Å². The highest BCUT2D eigenvalue weighted by Gasteiger charge is 2.40. The van der Waals surface area contributed by atoms with Crippen LogP contribution < -0.4 is 20.4 Å². The van der Waals surface area contributed by atoms with Crippen molar-refractivity contribution in [2.45, 2.75) is 50.4 Å². The number of aromatic nitrogens is 2. The van der Waals surface area contributed by atoms with Gasteiger partial charge in [-0.25, -0.2) is 0 Å². The SMILES string of the molecule is O=C1CCC(N2Cc3ccc(N4CCN(CCN5CCC(N6CCN7c8cc(-c9ccccc9O)nnc8NC[C@H]7C6)CC5)CC4)cc3C2=O)C(=O)N1. The number of nitrogens with zero attached hydrogens (tertiary/aromatic N) is 8. The number of para-hydroxylation sites is 1. The third kappa shape index (κ3) is 6.68. The molecule has 278 valence electrons. The van der Waals surface area contributed by atoms with Crippen molar-refractivity contribution in [3.05, 3.63) is 59.7 Å². The molecule has 0 saturated carbocycles. The van der Waals surface area contributed by atoms with Crippen molar-refractivity contribution in [2.75, 3.05) is 93.7 Å². The van der Waals surface area contributed by atoms with Crippen LogP contribution in [0.4, 0.5) is 17.2 Å². The lowest BCUT2D eigenvalue weighted by Gasteiger charge is -2.49. The van der Waals surface area contributed by atoms with Crippen LogP contribution in [0.15, 0.2) is 48.5 Å². The summed E-state index contributed by atoms with van der Waals surface area (Å²) in [5.41, 5.74) is 5.15. The van der Waals surface area contributed by atoms with Crippen molar-refractivity contribution in [3.63, 3.8) is 0 Å². The Kier molecular flexibility index (Phi) is 9.12. The zero-order valence-electron chi connectivity index (χ0n) is 30.1. The van der Waals surface area contributed by atoms with Gasteiger partial charge in [0.15, 0.2) is 5.82 Å². The molecule has 0 spiro atoms. The summed E-state index contributed by atoms with van der Waals surface area (Å²) in [7, 11) is 0. The quantitative estimate of drug-likeness (QED) is 0.307. The van der Waals surface area contributed by atoms with E-state index < -0.39 is 6.04 Å². The van der Waals surface area contributed by atoms with Crippen molar-refractivity contribution in [1.29, 1.82) is 0 Å². The number of likely N-dealkylation sites (tertiary alicyclic amines) is 1. The van der Waals surface area contributed by atoms with E-state index in [0.717, 1.165) is 101 Å². The number of hydrogen-bond acceptors (Lipinski definition) is 12. The predicted molar refractivity (Wildman–Crippen MR) is 201 cm³/mol. The average molecular weight is 721 g/mol. The fourth-order valence-electron chi connectivity index (χ4n) is 9.23. The van der Waals surface area contributed by atoms with Crippen LogP contribution in [0.3, 0.4) is 0 Å². The molecule has 2 atom stereocenters. The van der Waals surface area contributed by atoms with E-state index in [0.29, 0.717) is 41.9 Å². The van der Waals surface area contributed by atoms with Crippen molar-refractivity contribution < 1.29 is 19.5 Å². The lowest BCUT2D eigenvalue weighted by Crippen LogP contribution is -2.61. The zero-order chi connectivity index (χ0) is 36.1. The van der Waals surface area contributed by atoms with Gasteiger partial charge in [-0.3, -0.25) is 29.5 Å². The van der Waals surface area contributed by atoms with Crippen LogP contribution in [-0.4, -0.2) is 149 Å². The molecule has 0 radical (unpaired) electrons. The van der Waals surface area contributed by atoms with Gasteiger partial charge < -0.3 is 30.0 Å². The van der Waals surface area contributed by atoms with E-state index in [1.165, 1.54) is 12.8 Å². The third-order valence-electron chi connectivity index (χ3n) is 12.3. The number of phenolic OH excluding ortho intramolecular Hbond substituents is 1. The molecule has 0 aliphatic carbocycles. The largest absolute Gasteiger partial charge is 0.507 e. The summed E-state index contributed by atoms with van der Waals surface area (Å²) in [6.07, 6.45) is 3.04. The van der Waals surface area contributed by atoms with Gasteiger partial charge in [-0.05, 0) is 68.2 Å². The number of nitrogens with one attached hydrogen (secondary N) is 2. The number of aromatic hydroxyl groups is 1. The standard InChI is InChI=1S/C39H48N10O4/c50-35-4-2-1-3-30(35)32-22-34-37(43-42-32)40-23-29-25-47(19-20-48(29)34)27-9-11-44(12-10-27)13-14-45-15-17-46(18-16-45)28-6-5-26-24-49(39(53)31(26)21-28)33-7-8-36(51)41-38(33)52/h1-6,21-22,27,29,33,50H,7-20,23-25H2,(H,40,43)(H,41,51,52)/t29-,33?/m0/s1. The number of anilines is 3. The Morgan fingerprint density at radius 1 is 0.774 bits per heavy atom. The lowest BCUT2D eigenvalue weighted by atomic mass is 9.99. The van der Waals surface area contributed by atoms with Crippen molar-refractivity contribution >= 4 is 34.9 Å². The van der Waals surface area contributed by atoms with Gasteiger partial charge in [-0.2, -0.15) is 0 Å². The number of imide groups is 1. The van der Waals surface area contributed by atoms with Gasteiger partial charge in [-0.15, -0.1) is 10.2 Å². The van der Waals surface area contributed by atoms with Gasteiger partial charge in [0.2, 0.25) is 11.8 Å². The third-order valence-corrected chi connectivity index (χ3v) is 12.3. The van der Waals surface area contributed by atoms with Crippen LogP contribution >= 0.6 is 0 Å². The van der Waals surface area contributed by atoms with Crippen LogP contribution in [0, 0.1) is 0 Å². The Hall–Kier alpha value is -4.79. The zero-order valence-corrected chi connectivity index (χ0v) is 30.1. The highest BCUT2D eigenvalue weighted by Crippen LogP contribution is 2.37. The summed E-state index contributed by atoms with van der Waals surface area (Å²) < 4.78 is 0. The average Bonchev–Trinajstić information content (AvgIpc) is 3.52. The number of amides is 3. The van der Waals surface area contributed by atoms with E-state index in [1.807, 2.05) is 30.3 Å². The molecule has 3 amide bonds. The molecule has 6 aliphatic heterocycles. The molecule has 1 aromatic heterocycles. The number of phenols is 1. The van der Waals surface area contributed by atoms with E-state index >= 15 is 0 Å². The fraction of sp³-hybridized carbons (Fsp3) is 0.513. The summed E-state index contributed by atoms with van der Waals surface area (Å²) >= 11 is 0.